The van der Waals surface area contributed by atoms with Gasteiger partial charge in [0.05, 0.1) is 31.9 Å². The minimum Gasteiger partial charge on any atom is -0.455 e. The summed E-state index contributed by atoms with van der Waals surface area (Å²) in [6, 6.07) is 11.7. The van der Waals surface area contributed by atoms with Gasteiger partial charge in [-0.3, -0.25) is 4.79 Å². The Morgan fingerprint density at radius 1 is 0.963 bits per heavy atom. The van der Waals surface area contributed by atoms with Gasteiger partial charge in [-0.1, -0.05) is 52.5 Å². The van der Waals surface area contributed by atoms with Gasteiger partial charge in [-0.2, -0.15) is 5.10 Å². The predicted octanol–water partition coefficient (Wildman–Crippen LogP) is 6.63. The number of halogens is 4. The van der Waals surface area contributed by atoms with Crippen LogP contribution >= 0.6 is 46.4 Å². The molecular weight excluding hydrogens is 430 g/mol. The molecule has 1 aromatic heterocycles. The SMILES string of the molecule is Cc1ccc(C(=O)N/N=C\c2ccc(-c3cc(Cl)c(Cl)cc3Cl)o2)c(Cl)c1. The maximum Gasteiger partial charge on any atom is 0.272 e. The van der Waals surface area contributed by atoms with Gasteiger partial charge in [-0.05, 0) is 48.9 Å². The first-order chi connectivity index (χ1) is 12.8. The standard InChI is InChI=1S/C19H12Cl4N2O2/c1-10-2-4-12(14(20)6-10)19(26)25-24-9-11-3-5-18(27-11)13-7-16(22)17(23)8-15(13)21/h2-9H,1H3,(H,25,26)/b24-9-. The fourth-order valence-corrected chi connectivity index (χ4v) is 3.26. The molecule has 0 aliphatic carbocycles. The molecule has 2 aromatic carbocycles. The van der Waals surface area contributed by atoms with Crippen LogP contribution < -0.4 is 5.43 Å². The maximum absolute atomic E-state index is 12.1. The van der Waals surface area contributed by atoms with Gasteiger partial charge in [-0.15, -0.1) is 0 Å². The van der Waals surface area contributed by atoms with Gasteiger partial charge in [0.15, 0.2) is 0 Å². The Morgan fingerprint density at radius 2 is 1.70 bits per heavy atom. The highest BCUT2D eigenvalue weighted by atomic mass is 35.5. The number of nitrogens with one attached hydrogen (secondary N) is 1. The molecule has 4 nitrogen and oxygen atoms in total. The highest BCUT2D eigenvalue weighted by Gasteiger charge is 2.12. The number of aryl methyl sites for hydroxylation is 1. The first-order valence-corrected chi connectivity index (χ1v) is 9.20. The smallest absolute Gasteiger partial charge is 0.272 e. The van der Waals surface area contributed by atoms with Gasteiger partial charge in [0.1, 0.15) is 11.5 Å². The van der Waals surface area contributed by atoms with Crippen LogP contribution in [-0.4, -0.2) is 12.1 Å². The maximum atomic E-state index is 12.1. The van der Waals surface area contributed by atoms with Crippen molar-refractivity contribution in [3.63, 3.8) is 0 Å². The third-order valence-corrected chi connectivity index (χ3v) is 4.98. The number of benzene rings is 2. The van der Waals surface area contributed by atoms with E-state index in [1.807, 2.05) is 6.92 Å². The third-order valence-electron chi connectivity index (χ3n) is 3.63. The number of furan rings is 1. The Balaban J connectivity index is 1.72. The molecule has 1 heterocycles. The number of nitrogens with zero attached hydrogens (tertiary/aromatic N) is 1. The minimum absolute atomic E-state index is 0.335. The van der Waals surface area contributed by atoms with E-state index < -0.39 is 5.91 Å². The van der Waals surface area contributed by atoms with Gasteiger partial charge in [-0.25, -0.2) is 5.43 Å². The Kier molecular flexibility index (Phi) is 6.12. The third kappa shape index (κ3) is 4.66. The minimum atomic E-state index is -0.421. The van der Waals surface area contributed by atoms with Crippen LogP contribution in [0.5, 0.6) is 0 Å². The number of rotatable bonds is 4. The average Bonchev–Trinajstić information content (AvgIpc) is 3.06. The van der Waals surface area contributed by atoms with Crippen LogP contribution in [-0.2, 0) is 0 Å². The van der Waals surface area contributed by atoms with Crippen LogP contribution in [0, 0.1) is 6.92 Å². The van der Waals surface area contributed by atoms with Crippen LogP contribution in [0.2, 0.25) is 20.1 Å². The van der Waals surface area contributed by atoms with Gasteiger partial charge in [0, 0.05) is 5.56 Å². The molecule has 0 unspecified atom stereocenters. The Morgan fingerprint density at radius 3 is 2.44 bits per heavy atom. The fraction of sp³-hybridized carbons (Fsp3) is 0.0526. The van der Waals surface area contributed by atoms with Crippen LogP contribution in [0.15, 0.2) is 52.0 Å². The van der Waals surface area contributed by atoms with E-state index in [0.717, 1.165) is 5.56 Å². The van der Waals surface area contributed by atoms with E-state index in [4.69, 9.17) is 50.8 Å². The van der Waals surface area contributed by atoms with Crippen LogP contribution in [0.3, 0.4) is 0 Å². The van der Waals surface area contributed by atoms with Crippen LogP contribution in [0.4, 0.5) is 0 Å². The predicted molar refractivity (Wildman–Crippen MR) is 110 cm³/mol. The van der Waals surface area contributed by atoms with E-state index in [1.54, 1.807) is 42.5 Å². The average molecular weight is 442 g/mol. The summed E-state index contributed by atoms with van der Waals surface area (Å²) in [5.74, 6) is 0.492. The number of hydrogen-bond donors (Lipinski definition) is 1. The van der Waals surface area contributed by atoms with E-state index >= 15 is 0 Å². The molecule has 8 heteroatoms. The summed E-state index contributed by atoms with van der Waals surface area (Å²) < 4.78 is 5.66. The van der Waals surface area contributed by atoms with Crippen molar-refractivity contribution in [2.24, 2.45) is 5.10 Å². The lowest BCUT2D eigenvalue weighted by molar-refractivity contribution is 0.0955. The molecule has 0 aliphatic rings. The second-order valence-corrected chi connectivity index (χ2v) is 7.26. The van der Waals surface area contributed by atoms with Crippen molar-refractivity contribution in [1.29, 1.82) is 0 Å². The molecular formula is C19H12Cl4N2O2. The van der Waals surface area contributed by atoms with Gasteiger partial charge in [0.2, 0.25) is 0 Å². The molecule has 3 aromatic rings. The number of hydrogen-bond acceptors (Lipinski definition) is 3. The second kappa shape index (κ2) is 8.36. The number of hydrazone groups is 1. The molecule has 0 bridgehead atoms. The zero-order chi connectivity index (χ0) is 19.6. The van der Waals surface area contributed by atoms with Crippen molar-refractivity contribution in [2.45, 2.75) is 6.92 Å². The van der Waals surface area contributed by atoms with Gasteiger partial charge < -0.3 is 4.42 Å². The lowest BCUT2D eigenvalue weighted by Crippen LogP contribution is -2.18. The van der Waals surface area contributed by atoms with E-state index in [0.29, 0.717) is 42.7 Å². The molecule has 0 atom stereocenters. The van der Waals surface area contributed by atoms with Gasteiger partial charge >= 0.3 is 0 Å². The normalized spacial score (nSPS) is 11.1. The monoisotopic (exact) mass is 440 g/mol. The van der Waals surface area contributed by atoms with Crippen LogP contribution in [0.1, 0.15) is 21.7 Å². The summed E-state index contributed by atoms with van der Waals surface area (Å²) in [6.07, 6.45) is 1.37. The Labute approximate surface area is 175 Å². The highest BCUT2D eigenvalue weighted by Crippen LogP contribution is 2.35. The Hall–Kier alpha value is -1.98. The summed E-state index contributed by atoms with van der Waals surface area (Å²) >= 11 is 24.2. The largest absolute Gasteiger partial charge is 0.455 e. The summed E-state index contributed by atoms with van der Waals surface area (Å²) in [5, 5.41) is 5.37. The van der Waals surface area contributed by atoms with Crippen molar-refractivity contribution in [1.82, 2.24) is 5.43 Å². The molecule has 0 radical (unpaired) electrons. The molecule has 1 N–H and O–H groups in total. The zero-order valence-corrected chi connectivity index (χ0v) is 16.9. The second-order valence-electron chi connectivity index (χ2n) is 5.63. The first kappa shape index (κ1) is 19.8. The molecule has 0 saturated heterocycles. The molecule has 0 fully saturated rings. The molecule has 3 rings (SSSR count). The summed E-state index contributed by atoms with van der Waals surface area (Å²) in [6.45, 7) is 1.89. The topological polar surface area (TPSA) is 54.6 Å². The summed E-state index contributed by atoms with van der Waals surface area (Å²) in [4.78, 5) is 12.1. The van der Waals surface area contributed by atoms with E-state index in [9.17, 15) is 4.79 Å². The van der Waals surface area contributed by atoms with Crippen molar-refractivity contribution in [3.05, 3.63) is 79.4 Å². The molecule has 0 aliphatic heterocycles. The van der Waals surface area contributed by atoms with E-state index in [2.05, 4.69) is 10.5 Å². The van der Waals surface area contributed by atoms with E-state index in [-0.39, 0.29) is 0 Å². The number of carbonyl (C=O) groups is 1. The fourth-order valence-electron chi connectivity index (χ4n) is 2.30. The summed E-state index contributed by atoms with van der Waals surface area (Å²) in [5.41, 5.74) is 4.30. The molecule has 0 saturated carbocycles. The van der Waals surface area contributed by atoms with Crippen molar-refractivity contribution < 1.29 is 9.21 Å². The van der Waals surface area contributed by atoms with Gasteiger partial charge in [0.25, 0.3) is 5.91 Å². The molecule has 0 spiro atoms. The van der Waals surface area contributed by atoms with Crippen molar-refractivity contribution >= 4 is 58.5 Å². The molecule has 27 heavy (non-hydrogen) atoms. The lowest BCUT2D eigenvalue weighted by Gasteiger charge is -2.03. The summed E-state index contributed by atoms with van der Waals surface area (Å²) in [7, 11) is 0. The van der Waals surface area contributed by atoms with Crippen molar-refractivity contribution in [2.75, 3.05) is 0 Å². The van der Waals surface area contributed by atoms with Crippen LogP contribution in [0.25, 0.3) is 11.3 Å². The Bertz CT molecular complexity index is 1040. The first-order valence-electron chi connectivity index (χ1n) is 7.69. The van der Waals surface area contributed by atoms with E-state index in [1.165, 1.54) is 6.21 Å². The number of amides is 1. The highest BCUT2D eigenvalue weighted by molar-refractivity contribution is 6.44. The molecule has 1 amide bonds. The zero-order valence-electron chi connectivity index (χ0n) is 13.9. The molecule has 138 valence electrons. The lowest BCUT2D eigenvalue weighted by atomic mass is 10.1. The quantitative estimate of drug-likeness (QED) is 0.280. The van der Waals surface area contributed by atoms with Crippen molar-refractivity contribution in [3.8, 4) is 11.3 Å². The number of carbonyl (C=O) groups excluding carboxylic acids is 1.